The van der Waals surface area contributed by atoms with Gasteiger partial charge in [-0.15, -0.1) is 0 Å². The molecule has 0 atom stereocenters. The first-order valence-corrected chi connectivity index (χ1v) is 5.89. The summed E-state index contributed by atoms with van der Waals surface area (Å²) in [5.74, 6) is -0.898. The molecule has 2 rings (SSSR count). The average Bonchev–Trinajstić information content (AvgIpc) is 2.43. The zero-order valence-electron chi connectivity index (χ0n) is 10.2. The summed E-state index contributed by atoms with van der Waals surface area (Å²) in [4.78, 5) is 23.1. The van der Waals surface area contributed by atoms with Crippen LogP contribution in [0.5, 0.6) is 0 Å². The van der Waals surface area contributed by atoms with Gasteiger partial charge in [0.25, 0.3) is 0 Å². The molecule has 20 heavy (non-hydrogen) atoms. The highest BCUT2D eigenvalue weighted by Crippen LogP contribution is 2.18. The van der Waals surface area contributed by atoms with Crippen LogP contribution in [0, 0.1) is 0 Å². The van der Waals surface area contributed by atoms with E-state index in [0.29, 0.717) is 5.56 Å². The molecule has 8 heteroatoms. The summed E-state index contributed by atoms with van der Waals surface area (Å²) in [6, 6.07) is 8.81. The number of nitrogen functional groups attached to an aromatic ring is 2. The fourth-order valence-corrected chi connectivity index (χ4v) is 1.56. The average molecular weight is 291 g/mol. The number of hydrogen-bond donors (Lipinski definition) is 3. The number of aromatic nitrogens is 2. The molecule has 6 N–H and O–H groups in total. The van der Waals surface area contributed by atoms with Crippen molar-refractivity contribution in [3.8, 4) is 0 Å². The Hall–Kier alpha value is -2.67. The highest BCUT2D eigenvalue weighted by Gasteiger charge is 2.16. The Morgan fingerprint density at radius 1 is 1.10 bits per heavy atom. The molecule has 0 saturated carbocycles. The zero-order chi connectivity index (χ0) is 14.7. The lowest BCUT2D eigenvalue weighted by Crippen LogP contribution is -2.17. The third kappa shape index (κ3) is 2.83. The third-order valence-corrected chi connectivity index (χ3v) is 2.68. The number of amidine groups is 1. The minimum atomic E-state index is -0.738. The summed E-state index contributed by atoms with van der Waals surface area (Å²) in [6.45, 7) is 0. The summed E-state index contributed by atoms with van der Waals surface area (Å²) < 4.78 is 0. The van der Waals surface area contributed by atoms with Gasteiger partial charge in [0.2, 0.25) is 0 Å². The maximum Gasteiger partial charge on any atom is 0.301 e. The largest absolute Gasteiger partial charge is 0.383 e. The van der Waals surface area contributed by atoms with Crippen molar-refractivity contribution in [1.29, 1.82) is 0 Å². The maximum absolute atomic E-state index is 12.0. The van der Waals surface area contributed by atoms with Crippen molar-refractivity contribution in [3.63, 3.8) is 0 Å². The van der Waals surface area contributed by atoms with Crippen molar-refractivity contribution in [2.24, 2.45) is 10.7 Å². The van der Waals surface area contributed by atoms with Crippen molar-refractivity contribution < 1.29 is 4.79 Å². The molecule has 0 spiro atoms. The molecule has 0 aliphatic heterocycles. The number of amides is 1. The first-order valence-electron chi connectivity index (χ1n) is 5.51. The normalized spacial score (nSPS) is 11.3. The summed E-state index contributed by atoms with van der Waals surface area (Å²) >= 11 is 5.70. The Kier molecular flexibility index (Phi) is 3.81. The van der Waals surface area contributed by atoms with E-state index >= 15 is 0 Å². The van der Waals surface area contributed by atoms with Crippen LogP contribution in [0.25, 0.3) is 0 Å². The predicted molar refractivity (Wildman–Crippen MR) is 77.4 cm³/mol. The van der Waals surface area contributed by atoms with E-state index in [1.165, 1.54) is 0 Å². The van der Waals surface area contributed by atoms with Crippen LogP contribution in [0.15, 0.2) is 35.3 Å². The first kappa shape index (κ1) is 13.8. The van der Waals surface area contributed by atoms with E-state index in [9.17, 15) is 4.79 Å². The lowest BCUT2D eigenvalue weighted by atomic mass is 10.2. The van der Waals surface area contributed by atoms with Crippen molar-refractivity contribution in [3.05, 3.63) is 46.7 Å². The second-order valence-corrected chi connectivity index (χ2v) is 4.16. The Labute approximate surface area is 119 Å². The Morgan fingerprint density at radius 3 is 2.40 bits per heavy atom. The third-order valence-electron chi connectivity index (χ3n) is 2.40. The van der Waals surface area contributed by atoms with Gasteiger partial charge >= 0.3 is 5.91 Å². The molecule has 0 aliphatic carbocycles. The van der Waals surface area contributed by atoms with Crippen LogP contribution >= 0.6 is 11.6 Å². The van der Waals surface area contributed by atoms with Crippen LogP contribution < -0.4 is 17.2 Å². The Bertz CT molecular complexity index is 686. The molecule has 1 amide bonds. The summed E-state index contributed by atoms with van der Waals surface area (Å²) in [6.07, 6.45) is 0. The fourth-order valence-electron chi connectivity index (χ4n) is 1.43. The van der Waals surface area contributed by atoms with Crippen LogP contribution in [0.4, 0.5) is 11.6 Å². The quantitative estimate of drug-likeness (QED) is 0.554. The van der Waals surface area contributed by atoms with Gasteiger partial charge in [-0.05, 0) is 0 Å². The first-order chi connectivity index (χ1) is 9.49. The number of anilines is 2. The predicted octanol–water partition coefficient (Wildman–Crippen LogP) is 0.840. The zero-order valence-corrected chi connectivity index (χ0v) is 11.0. The lowest BCUT2D eigenvalue weighted by Gasteiger charge is -2.04. The molecular weight excluding hydrogens is 280 g/mol. The Balaban J connectivity index is 2.35. The van der Waals surface area contributed by atoms with E-state index in [-0.39, 0.29) is 28.3 Å². The molecule has 0 fully saturated rings. The number of aliphatic imine (C=N–C) groups is 1. The highest BCUT2D eigenvalue weighted by molar-refractivity contribution is 6.31. The lowest BCUT2D eigenvalue weighted by molar-refractivity contribution is 0.0999. The second-order valence-electron chi connectivity index (χ2n) is 3.80. The molecule has 0 unspecified atom stereocenters. The van der Waals surface area contributed by atoms with Crippen LogP contribution in [-0.4, -0.2) is 21.7 Å². The monoisotopic (exact) mass is 290 g/mol. The van der Waals surface area contributed by atoms with Crippen molar-refractivity contribution in [2.75, 3.05) is 11.5 Å². The number of nitrogens with two attached hydrogens (primary N) is 3. The molecule has 1 heterocycles. The number of nitrogens with zero attached hydrogens (tertiary/aromatic N) is 3. The minimum absolute atomic E-state index is 0.0461. The van der Waals surface area contributed by atoms with E-state index < -0.39 is 5.91 Å². The molecule has 0 saturated heterocycles. The van der Waals surface area contributed by atoms with Gasteiger partial charge in [0.15, 0.2) is 22.5 Å². The molecule has 0 radical (unpaired) electrons. The highest BCUT2D eigenvalue weighted by atomic mass is 35.5. The molecular formula is C12H11ClN6O. The van der Waals surface area contributed by atoms with Crippen molar-refractivity contribution >= 4 is 35.0 Å². The van der Waals surface area contributed by atoms with Crippen LogP contribution in [0.3, 0.4) is 0 Å². The molecule has 0 aliphatic rings. The van der Waals surface area contributed by atoms with Gasteiger partial charge in [0, 0.05) is 5.56 Å². The van der Waals surface area contributed by atoms with Crippen LogP contribution in [-0.2, 0) is 0 Å². The van der Waals surface area contributed by atoms with Gasteiger partial charge in [-0.2, -0.15) is 4.99 Å². The van der Waals surface area contributed by atoms with Gasteiger partial charge in [-0.1, -0.05) is 41.9 Å². The van der Waals surface area contributed by atoms with E-state index in [0.717, 1.165) is 0 Å². The fraction of sp³-hybridized carbons (Fsp3) is 0. The number of halogens is 1. The molecule has 2 aromatic rings. The van der Waals surface area contributed by atoms with Crippen LogP contribution in [0.1, 0.15) is 16.1 Å². The van der Waals surface area contributed by atoms with E-state index in [1.807, 2.05) is 6.07 Å². The SMILES string of the molecule is NC(=NC(=O)c1nc(Cl)c(N)nc1N)c1ccccc1. The van der Waals surface area contributed by atoms with Crippen molar-refractivity contribution in [1.82, 2.24) is 9.97 Å². The number of benzene rings is 1. The van der Waals surface area contributed by atoms with E-state index in [2.05, 4.69) is 15.0 Å². The molecule has 7 nitrogen and oxygen atoms in total. The van der Waals surface area contributed by atoms with Gasteiger partial charge < -0.3 is 17.2 Å². The molecule has 1 aromatic heterocycles. The second kappa shape index (κ2) is 5.54. The summed E-state index contributed by atoms with van der Waals surface area (Å²) in [7, 11) is 0. The summed E-state index contributed by atoms with van der Waals surface area (Å²) in [5, 5.41) is -0.115. The Morgan fingerprint density at radius 2 is 1.75 bits per heavy atom. The number of carbonyl (C=O) groups excluding carboxylic acids is 1. The summed E-state index contributed by atoms with van der Waals surface area (Å²) in [5.41, 5.74) is 17.1. The van der Waals surface area contributed by atoms with Crippen LogP contribution in [0.2, 0.25) is 5.15 Å². The topological polar surface area (TPSA) is 133 Å². The van der Waals surface area contributed by atoms with E-state index in [4.69, 9.17) is 28.8 Å². The van der Waals surface area contributed by atoms with Crippen molar-refractivity contribution in [2.45, 2.75) is 0 Å². The van der Waals surface area contributed by atoms with Gasteiger partial charge in [0.1, 0.15) is 5.84 Å². The van der Waals surface area contributed by atoms with Gasteiger partial charge in [-0.25, -0.2) is 9.97 Å². The molecule has 0 bridgehead atoms. The number of hydrogen-bond acceptors (Lipinski definition) is 5. The van der Waals surface area contributed by atoms with Gasteiger partial charge in [0.05, 0.1) is 0 Å². The standard InChI is InChI=1S/C12H11ClN6O/c13-8-11(16)18-10(15)7(17-8)12(20)19-9(14)6-4-2-1-3-5-6/h1-5H,(H2,14,19,20)(H4,15,16,18). The van der Waals surface area contributed by atoms with Gasteiger partial charge in [-0.3, -0.25) is 4.79 Å². The molecule has 102 valence electrons. The maximum atomic E-state index is 12.0. The number of rotatable bonds is 2. The number of carbonyl (C=O) groups is 1. The molecule has 1 aromatic carbocycles. The van der Waals surface area contributed by atoms with E-state index in [1.54, 1.807) is 24.3 Å². The minimum Gasteiger partial charge on any atom is -0.383 e. The smallest absolute Gasteiger partial charge is 0.301 e.